The van der Waals surface area contributed by atoms with E-state index in [9.17, 15) is 0 Å². The number of hydrogen-bond donors (Lipinski definition) is 1. The Morgan fingerprint density at radius 2 is 2.10 bits per heavy atom. The van der Waals surface area contributed by atoms with Gasteiger partial charge in [0.2, 0.25) is 0 Å². The number of aryl methyl sites for hydroxylation is 1. The molecule has 2 aromatic carbocycles. The van der Waals surface area contributed by atoms with Crippen LogP contribution in [0.1, 0.15) is 23.1 Å². The second-order valence-corrected chi connectivity index (χ2v) is 5.67. The zero-order valence-electron chi connectivity index (χ0n) is 12.7. The van der Waals surface area contributed by atoms with Crippen molar-refractivity contribution in [2.45, 2.75) is 26.3 Å². The van der Waals surface area contributed by atoms with Crippen LogP contribution in [-0.4, -0.2) is 13.7 Å². The fraction of sp³-hybridized carbons (Fsp3) is 0.333. The number of benzene rings is 2. The molecule has 0 fully saturated rings. The van der Waals surface area contributed by atoms with Gasteiger partial charge in [-0.3, -0.25) is 0 Å². The van der Waals surface area contributed by atoms with Crippen LogP contribution in [0.5, 0.6) is 5.75 Å². The van der Waals surface area contributed by atoms with Crippen molar-refractivity contribution in [2.75, 3.05) is 24.3 Å². The molecule has 0 aliphatic carbocycles. The third-order valence-corrected chi connectivity index (χ3v) is 4.23. The molecule has 0 spiro atoms. The zero-order valence-corrected chi connectivity index (χ0v) is 12.7. The molecule has 3 heteroatoms. The van der Waals surface area contributed by atoms with Gasteiger partial charge in [0, 0.05) is 24.5 Å². The summed E-state index contributed by atoms with van der Waals surface area (Å²) < 4.78 is 5.42. The van der Waals surface area contributed by atoms with E-state index in [1.54, 1.807) is 7.11 Å². The van der Waals surface area contributed by atoms with Crippen molar-refractivity contribution in [3.8, 4) is 5.75 Å². The molecule has 0 unspecified atom stereocenters. The highest BCUT2D eigenvalue weighted by Crippen LogP contribution is 2.32. The molecule has 1 aliphatic rings. The Hall–Kier alpha value is -2.16. The number of ether oxygens (including phenoxy) is 1. The molecule has 0 radical (unpaired) electrons. The number of rotatable bonds is 3. The number of nitrogens with two attached hydrogens (primary N) is 1. The number of hydrogen-bond acceptors (Lipinski definition) is 3. The highest BCUT2D eigenvalue weighted by molar-refractivity contribution is 5.66. The van der Waals surface area contributed by atoms with Gasteiger partial charge >= 0.3 is 0 Å². The van der Waals surface area contributed by atoms with E-state index < -0.39 is 0 Å². The van der Waals surface area contributed by atoms with Gasteiger partial charge in [-0.2, -0.15) is 0 Å². The minimum atomic E-state index is 0.896. The van der Waals surface area contributed by atoms with Gasteiger partial charge in [0.25, 0.3) is 0 Å². The molecule has 0 amide bonds. The molecule has 110 valence electrons. The maximum absolute atomic E-state index is 6.12. The van der Waals surface area contributed by atoms with E-state index in [0.717, 1.165) is 37.4 Å². The van der Waals surface area contributed by atoms with Crippen LogP contribution in [0.15, 0.2) is 36.4 Å². The summed E-state index contributed by atoms with van der Waals surface area (Å²) in [5, 5.41) is 0. The molecule has 0 bridgehead atoms. The number of methoxy groups -OCH3 is 1. The lowest BCUT2D eigenvalue weighted by atomic mass is 9.99. The average Bonchev–Trinajstić information content (AvgIpc) is 2.50. The smallest absolute Gasteiger partial charge is 0.122 e. The number of fused-ring (bicyclic) bond motifs is 1. The highest BCUT2D eigenvalue weighted by atomic mass is 16.5. The van der Waals surface area contributed by atoms with Crippen LogP contribution in [0.25, 0.3) is 0 Å². The van der Waals surface area contributed by atoms with Crippen molar-refractivity contribution in [1.82, 2.24) is 0 Å². The molecule has 0 saturated heterocycles. The highest BCUT2D eigenvalue weighted by Gasteiger charge is 2.18. The Morgan fingerprint density at radius 3 is 2.90 bits per heavy atom. The molecule has 1 heterocycles. The molecule has 0 aromatic heterocycles. The van der Waals surface area contributed by atoms with Crippen LogP contribution in [0, 0.1) is 6.92 Å². The van der Waals surface area contributed by atoms with E-state index in [1.165, 1.54) is 22.4 Å². The number of nitrogen functional groups attached to an aromatic ring is 1. The van der Waals surface area contributed by atoms with E-state index in [2.05, 4.69) is 36.1 Å². The average molecular weight is 282 g/mol. The molecular weight excluding hydrogens is 260 g/mol. The predicted molar refractivity (Wildman–Crippen MR) is 88.0 cm³/mol. The van der Waals surface area contributed by atoms with Crippen LogP contribution in [0.3, 0.4) is 0 Å². The minimum absolute atomic E-state index is 0.896. The summed E-state index contributed by atoms with van der Waals surface area (Å²) in [6, 6.07) is 12.7. The van der Waals surface area contributed by atoms with Crippen LogP contribution in [-0.2, 0) is 13.0 Å². The second kappa shape index (κ2) is 5.68. The van der Waals surface area contributed by atoms with Crippen LogP contribution >= 0.6 is 0 Å². The Balaban J connectivity index is 1.88. The first kappa shape index (κ1) is 13.8. The lowest BCUT2D eigenvalue weighted by Gasteiger charge is -2.32. The Kier molecular flexibility index (Phi) is 3.74. The van der Waals surface area contributed by atoms with Crippen molar-refractivity contribution in [3.05, 3.63) is 53.1 Å². The molecule has 0 atom stereocenters. The van der Waals surface area contributed by atoms with E-state index in [0.29, 0.717) is 0 Å². The van der Waals surface area contributed by atoms with Crippen molar-refractivity contribution < 1.29 is 4.74 Å². The first-order valence-corrected chi connectivity index (χ1v) is 7.45. The van der Waals surface area contributed by atoms with Gasteiger partial charge in [0.15, 0.2) is 0 Å². The van der Waals surface area contributed by atoms with Crippen molar-refractivity contribution in [2.24, 2.45) is 0 Å². The van der Waals surface area contributed by atoms with Crippen molar-refractivity contribution >= 4 is 11.4 Å². The van der Waals surface area contributed by atoms with Gasteiger partial charge in [0.05, 0.1) is 7.11 Å². The molecule has 2 N–H and O–H groups in total. The molecule has 21 heavy (non-hydrogen) atoms. The van der Waals surface area contributed by atoms with Crippen LogP contribution in [0.4, 0.5) is 11.4 Å². The third-order valence-electron chi connectivity index (χ3n) is 4.23. The SMILES string of the molecule is COc1cc(CN2CCCc3c(N)cccc32)ccc1C. The normalized spacial score (nSPS) is 13.9. The molecule has 2 aromatic rings. The lowest BCUT2D eigenvalue weighted by Crippen LogP contribution is -2.29. The van der Waals surface area contributed by atoms with E-state index in [1.807, 2.05) is 12.1 Å². The van der Waals surface area contributed by atoms with Gasteiger partial charge in [-0.1, -0.05) is 18.2 Å². The maximum atomic E-state index is 6.12. The van der Waals surface area contributed by atoms with Crippen molar-refractivity contribution in [3.63, 3.8) is 0 Å². The van der Waals surface area contributed by atoms with Crippen LogP contribution in [0.2, 0.25) is 0 Å². The summed E-state index contributed by atoms with van der Waals surface area (Å²) in [6.45, 7) is 4.04. The summed E-state index contributed by atoms with van der Waals surface area (Å²) in [7, 11) is 1.73. The molecular formula is C18H22N2O. The second-order valence-electron chi connectivity index (χ2n) is 5.67. The number of anilines is 2. The Labute approximate surface area is 126 Å². The Morgan fingerprint density at radius 1 is 1.24 bits per heavy atom. The lowest BCUT2D eigenvalue weighted by molar-refractivity contribution is 0.411. The maximum Gasteiger partial charge on any atom is 0.122 e. The fourth-order valence-corrected chi connectivity index (χ4v) is 3.08. The van der Waals surface area contributed by atoms with Gasteiger partial charge < -0.3 is 15.4 Å². The number of nitrogens with zero attached hydrogens (tertiary/aromatic N) is 1. The first-order chi connectivity index (χ1) is 10.2. The summed E-state index contributed by atoms with van der Waals surface area (Å²) in [5.41, 5.74) is 12.0. The summed E-state index contributed by atoms with van der Waals surface area (Å²) in [4.78, 5) is 2.42. The fourth-order valence-electron chi connectivity index (χ4n) is 3.08. The van der Waals surface area contributed by atoms with Gasteiger partial charge in [0.1, 0.15) is 5.75 Å². The standard InChI is InChI=1S/C18H22N2O/c1-13-8-9-14(11-18(13)21-2)12-20-10-4-5-15-16(19)6-3-7-17(15)20/h3,6-9,11H,4-5,10,12,19H2,1-2H3. The van der Waals surface area contributed by atoms with Crippen LogP contribution < -0.4 is 15.4 Å². The zero-order chi connectivity index (χ0) is 14.8. The quantitative estimate of drug-likeness (QED) is 0.875. The third kappa shape index (κ3) is 2.68. The minimum Gasteiger partial charge on any atom is -0.496 e. The predicted octanol–water partition coefficient (Wildman–Crippen LogP) is 3.54. The largest absolute Gasteiger partial charge is 0.496 e. The monoisotopic (exact) mass is 282 g/mol. The molecule has 0 saturated carbocycles. The first-order valence-electron chi connectivity index (χ1n) is 7.45. The molecule has 1 aliphatic heterocycles. The van der Waals surface area contributed by atoms with E-state index in [4.69, 9.17) is 10.5 Å². The molecule has 3 nitrogen and oxygen atoms in total. The topological polar surface area (TPSA) is 38.5 Å². The van der Waals surface area contributed by atoms with Gasteiger partial charge in [-0.05, 0) is 54.7 Å². The van der Waals surface area contributed by atoms with Crippen molar-refractivity contribution in [1.29, 1.82) is 0 Å². The van der Waals surface area contributed by atoms with Gasteiger partial charge in [-0.15, -0.1) is 0 Å². The van der Waals surface area contributed by atoms with Gasteiger partial charge in [-0.25, -0.2) is 0 Å². The Bertz CT molecular complexity index is 652. The summed E-state index contributed by atoms with van der Waals surface area (Å²) in [6.07, 6.45) is 2.24. The molecule has 3 rings (SSSR count). The van der Waals surface area contributed by atoms with E-state index in [-0.39, 0.29) is 0 Å². The van der Waals surface area contributed by atoms with E-state index >= 15 is 0 Å². The summed E-state index contributed by atoms with van der Waals surface area (Å²) in [5.74, 6) is 0.956. The summed E-state index contributed by atoms with van der Waals surface area (Å²) >= 11 is 0.